The van der Waals surface area contributed by atoms with Crippen molar-refractivity contribution in [2.24, 2.45) is 0 Å². The van der Waals surface area contributed by atoms with E-state index in [2.05, 4.69) is 5.32 Å². The Morgan fingerprint density at radius 1 is 1.41 bits per heavy atom. The van der Waals surface area contributed by atoms with Crippen molar-refractivity contribution in [1.82, 2.24) is 5.32 Å². The zero-order chi connectivity index (χ0) is 19.7. The van der Waals surface area contributed by atoms with Gasteiger partial charge in [0.25, 0.3) is 5.69 Å². The lowest BCUT2D eigenvalue weighted by Gasteiger charge is -2.34. The van der Waals surface area contributed by atoms with E-state index in [0.717, 1.165) is 12.1 Å². The second-order valence-electron chi connectivity index (χ2n) is 6.45. The van der Waals surface area contributed by atoms with Crippen LogP contribution in [0.3, 0.4) is 0 Å². The third-order valence-corrected chi connectivity index (χ3v) is 5.09. The van der Waals surface area contributed by atoms with Crippen molar-refractivity contribution in [1.29, 1.82) is 0 Å². The molecule has 8 heteroatoms. The van der Waals surface area contributed by atoms with E-state index in [4.69, 9.17) is 16.3 Å². The van der Waals surface area contributed by atoms with Crippen LogP contribution in [-0.2, 0) is 14.3 Å². The molecule has 0 bridgehead atoms. The second-order valence-corrected chi connectivity index (χ2v) is 6.86. The van der Waals surface area contributed by atoms with E-state index in [-0.39, 0.29) is 23.1 Å². The average molecular weight is 391 g/mol. The van der Waals surface area contributed by atoms with Crippen LogP contribution < -0.4 is 5.32 Å². The van der Waals surface area contributed by atoms with Gasteiger partial charge in [-0.15, -0.1) is 0 Å². The molecule has 0 spiro atoms. The van der Waals surface area contributed by atoms with Crippen molar-refractivity contribution in [3.63, 3.8) is 0 Å². The van der Waals surface area contributed by atoms with E-state index < -0.39 is 16.8 Å². The van der Waals surface area contributed by atoms with E-state index in [0.29, 0.717) is 35.2 Å². The van der Waals surface area contributed by atoms with Crippen molar-refractivity contribution >= 4 is 29.0 Å². The highest BCUT2D eigenvalue weighted by Gasteiger charge is 2.39. The minimum atomic E-state index is -0.718. The van der Waals surface area contributed by atoms with Gasteiger partial charge in [-0.2, -0.15) is 0 Å². The number of carbonyl (C=O) groups is 2. The first-order valence-corrected chi connectivity index (χ1v) is 9.08. The smallest absolute Gasteiger partial charge is 0.336 e. The molecule has 1 N–H and O–H groups in total. The molecular formula is C19H19ClN2O5. The predicted octanol–water partition coefficient (Wildman–Crippen LogP) is 3.78. The zero-order valence-electron chi connectivity index (χ0n) is 15.0. The lowest BCUT2D eigenvalue weighted by atomic mass is 9.75. The van der Waals surface area contributed by atoms with Crippen LogP contribution in [-0.4, -0.2) is 23.3 Å². The number of ether oxygens (including phenoxy) is 1. The quantitative estimate of drug-likeness (QED) is 0.477. The van der Waals surface area contributed by atoms with Gasteiger partial charge in [0.1, 0.15) is 5.02 Å². The molecule has 1 aliphatic carbocycles. The molecule has 0 saturated heterocycles. The number of benzene rings is 1. The standard InChI is InChI=1S/C19H19ClN2O5/c1-3-27-19(24)16-10(2)21-13-5-4-6-15(23)18(13)17(16)11-7-8-12(20)14(9-11)22(25)26/h7-9,17,21H,3-6H2,1-2H3/t17-/m1/s1. The van der Waals surface area contributed by atoms with E-state index in [1.165, 1.54) is 12.1 Å². The number of dihydropyridines is 1. The Bertz CT molecular complexity index is 903. The van der Waals surface area contributed by atoms with Crippen LogP contribution in [0.1, 0.15) is 44.6 Å². The molecule has 3 rings (SSSR count). The third kappa shape index (κ3) is 3.47. The molecule has 2 aliphatic rings. The number of nitrogens with one attached hydrogen (secondary N) is 1. The molecule has 0 radical (unpaired) electrons. The van der Waals surface area contributed by atoms with Gasteiger partial charge in [-0.05, 0) is 38.3 Å². The minimum Gasteiger partial charge on any atom is -0.463 e. The average Bonchev–Trinajstić information content (AvgIpc) is 2.61. The van der Waals surface area contributed by atoms with Crippen molar-refractivity contribution in [3.05, 3.63) is 61.4 Å². The van der Waals surface area contributed by atoms with Gasteiger partial charge in [0, 0.05) is 35.4 Å². The van der Waals surface area contributed by atoms with Crippen LogP contribution in [0, 0.1) is 10.1 Å². The molecule has 1 atom stereocenters. The first kappa shape index (κ1) is 19.1. The van der Waals surface area contributed by atoms with Crippen molar-refractivity contribution in [2.75, 3.05) is 6.61 Å². The fourth-order valence-corrected chi connectivity index (χ4v) is 3.83. The summed E-state index contributed by atoms with van der Waals surface area (Å²) in [4.78, 5) is 36.1. The van der Waals surface area contributed by atoms with Gasteiger partial charge >= 0.3 is 5.97 Å². The van der Waals surface area contributed by atoms with Crippen LogP contribution >= 0.6 is 11.6 Å². The van der Waals surface area contributed by atoms with Crippen molar-refractivity contribution in [2.45, 2.75) is 39.0 Å². The van der Waals surface area contributed by atoms with Crippen molar-refractivity contribution < 1.29 is 19.2 Å². The number of nitrogens with zero attached hydrogens (tertiary/aromatic N) is 1. The fourth-order valence-electron chi connectivity index (χ4n) is 3.65. The van der Waals surface area contributed by atoms with E-state index in [1.54, 1.807) is 19.9 Å². The summed E-state index contributed by atoms with van der Waals surface area (Å²) in [5, 5.41) is 14.5. The number of hydrogen-bond donors (Lipinski definition) is 1. The molecule has 0 aromatic heterocycles. The van der Waals surface area contributed by atoms with Gasteiger partial charge in [0.15, 0.2) is 5.78 Å². The summed E-state index contributed by atoms with van der Waals surface area (Å²) in [5.41, 5.74) is 2.33. The van der Waals surface area contributed by atoms with Crippen LogP contribution in [0.25, 0.3) is 0 Å². The Morgan fingerprint density at radius 3 is 2.81 bits per heavy atom. The summed E-state index contributed by atoms with van der Waals surface area (Å²) in [6.07, 6.45) is 1.78. The lowest BCUT2D eigenvalue weighted by Crippen LogP contribution is -2.34. The summed E-state index contributed by atoms with van der Waals surface area (Å²) in [6, 6.07) is 4.37. The van der Waals surface area contributed by atoms with Gasteiger partial charge in [-0.3, -0.25) is 14.9 Å². The van der Waals surface area contributed by atoms with Gasteiger partial charge in [0.05, 0.1) is 17.1 Å². The molecule has 1 aromatic rings. The number of nitro groups is 1. The number of ketones is 1. The summed E-state index contributed by atoms with van der Waals surface area (Å²) in [6.45, 7) is 3.62. The number of rotatable bonds is 4. The molecule has 0 amide bonds. The molecule has 27 heavy (non-hydrogen) atoms. The number of halogens is 1. The number of allylic oxidation sites excluding steroid dienone is 3. The first-order valence-electron chi connectivity index (χ1n) is 8.70. The SMILES string of the molecule is CCOC(=O)C1=C(C)NC2=C(C(=O)CCC2)[C@@H]1c1ccc(Cl)c([N+](=O)[O-])c1. The monoisotopic (exact) mass is 390 g/mol. The summed E-state index contributed by atoms with van der Waals surface area (Å²) < 4.78 is 5.19. The molecule has 1 aliphatic heterocycles. The molecule has 1 heterocycles. The zero-order valence-corrected chi connectivity index (χ0v) is 15.8. The van der Waals surface area contributed by atoms with Crippen LogP contribution in [0.5, 0.6) is 0 Å². The van der Waals surface area contributed by atoms with Crippen LogP contribution in [0.15, 0.2) is 40.7 Å². The molecule has 1 aromatic carbocycles. The van der Waals surface area contributed by atoms with Gasteiger partial charge < -0.3 is 10.1 Å². The Labute approximate surface area is 161 Å². The largest absolute Gasteiger partial charge is 0.463 e. The maximum atomic E-state index is 12.7. The number of esters is 1. The normalized spacial score (nSPS) is 19.5. The molecular weight excluding hydrogens is 372 g/mol. The van der Waals surface area contributed by atoms with Gasteiger partial charge in [-0.25, -0.2) is 4.79 Å². The Balaban J connectivity index is 2.21. The number of Topliss-reactive ketones (excluding diaryl/α,β-unsaturated/α-hetero) is 1. The lowest BCUT2D eigenvalue weighted by molar-refractivity contribution is -0.384. The third-order valence-electron chi connectivity index (χ3n) is 4.77. The summed E-state index contributed by atoms with van der Waals surface area (Å²) in [5.74, 6) is -1.33. The number of nitro benzene ring substituents is 1. The maximum Gasteiger partial charge on any atom is 0.336 e. The van der Waals surface area contributed by atoms with Gasteiger partial charge in [-0.1, -0.05) is 17.7 Å². The Morgan fingerprint density at radius 2 is 2.15 bits per heavy atom. The predicted molar refractivity (Wildman–Crippen MR) is 99.2 cm³/mol. The highest BCUT2D eigenvalue weighted by Crippen LogP contribution is 2.43. The van der Waals surface area contributed by atoms with Gasteiger partial charge in [0.2, 0.25) is 0 Å². The van der Waals surface area contributed by atoms with E-state index in [9.17, 15) is 19.7 Å². The van der Waals surface area contributed by atoms with E-state index in [1.807, 2.05) is 0 Å². The molecule has 0 saturated carbocycles. The summed E-state index contributed by atoms with van der Waals surface area (Å²) in [7, 11) is 0. The van der Waals surface area contributed by atoms with Crippen LogP contribution in [0.2, 0.25) is 5.02 Å². The molecule has 142 valence electrons. The topological polar surface area (TPSA) is 98.5 Å². The van der Waals surface area contributed by atoms with Crippen molar-refractivity contribution in [3.8, 4) is 0 Å². The Hall–Kier alpha value is -2.67. The van der Waals surface area contributed by atoms with E-state index >= 15 is 0 Å². The van der Waals surface area contributed by atoms with Crippen LogP contribution in [0.4, 0.5) is 5.69 Å². The highest BCUT2D eigenvalue weighted by atomic mass is 35.5. The maximum absolute atomic E-state index is 12.7. The molecule has 0 unspecified atom stereocenters. The molecule has 7 nitrogen and oxygen atoms in total. The minimum absolute atomic E-state index is 0.000226. The summed E-state index contributed by atoms with van der Waals surface area (Å²) >= 11 is 5.94. The fraction of sp³-hybridized carbons (Fsp3) is 0.368. The Kier molecular flexibility index (Phi) is 5.32. The number of hydrogen-bond acceptors (Lipinski definition) is 6. The molecule has 0 fully saturated rings. The first-order chi connectivity index (χ1) is 12.8. The highest BCUT2D eigenvalue weighted by molar-refractivity contribution is 6.32. The second kappa shape index (κ2) is 7.52. The number of carbonyl (C=O) groups excluding carboxylic acids is 2.